The van der Waals surface area contributed by atoms with Crippen LogP contribution in [0.4, 0.5) is 0 Å². The van der Waals surface area contributed by atoms with Gasteiger partial charge >= 0.3 is 5.69 Å². The number of hydrogen-bond acceptors (Lipinski definition) is 4. The molecular formula is C23H31N5O3. The second-order valence-electron chi connectivity index (χ2n) is 8.81. The SMILES string of the molecule is CC(C)Cn1cnc2c1c(=O)n(CC(=O)NC(C)C(C)C)c(=O)n2Cc1ccccc1. The van der Waals surface area contributed by atoms with E-state index in [1.54, 1.807) is 10.9 Å². The molecule has 0 fully saturated rings. The highest BCUT2D eigenvalue weighted by molar-refractivity contribution is 5.77. The summed E-state index contributed by atoms with van der Waals surface area (Å²) >= 11 is 0. The zero-order chi connectivity index (χ0) is 22.7. The number of nitrogens with zero attached hydrogens (tertiary/aromatic N) is 4. The average Bonchev–Trinajstić information content (AvgIpc) is 3.12. The lowest BCUT2D eigenvalue weighted by molar-refractivity contribution is -0.122. The van der Waals surface area contributed by atoms with Gasteiger partial charge in [-0.2, -0.15) is 0 Å². The van der Waals surface area contributed by atoms with E-state index in [1.807, 2.05) is 65.0 Å². The van der Waals surface area contributed by atoms with Crippen molar-refractivity contribution in [1.82, 2.24) is 24.0 Å². The summed E-state index contributed by atoms with van der Waals surface area (Å²) in [5, 5.41) is 2.87. The van der Waals surface area contributed by atoms with Gasteiger partial charge in [-0.15, -0.1) is 0 Å². The van der Waals surface area contributed by atoms with Crippen molar-refractivity contribution in [3.8, 4) is 0 Å². The van der Waals surface area contributed by atoms with Crippen LogP contribution in [0.15, 0.2) is 46.2 Å². The summed E-state index contributed by atoms with van der Waals surface area (Å²) in [4.78, 5) is 43.6. The van der Waals surface area contributed by atoms with Gasteiger partial charge in [-0.05, 0) is 24.3 Å². The minimum atomic E-state index is -0.538. The molecule has 8 nitrogen and oxygen atoms in total. The first-order valence-corrected chi connectivity index (χ1v) is 10.7. The summed E-state index contributed by atoms with van der Waals surface area (Å²) in [6, 6.07) is 9.45. The first-order valence-electron chi connectivity index (χ1n) is 10.7. The molecule has 166 valence electrons. The molecule has 8 heteroatoms. The van der Waals surface area contributed by atoms with Crippen molar-refractivity contribution in [2.75, 3.05) is 0 Å². The fourth-order valence-corrected chi connectivity index (χ4v) is 3.43. The summed E-state index contributed by atoms with van der Waals surface area (Å²) in [5.74, 6) is 0.168. The Balaban J connectivity index is 2.13. The van der Waals surface area contributed by atoms with E-state index in [-0.39, 0.29) is 36.9 Å². The topological polar surface area (TPSA) is 90.9 Å². The third kappa shape index (κ3) is 4.95. The highest BCUT2D eigenvalue weighted by Crippen LogP contribution is 2.12. The average molecular weight is 426 g/mol. The summed E-state index contributed by atoms with van der Waals surface area (Å²) < 4.78 is 4.27. The number of imidazole rings is 1. The number of carbonyl (C=O) groups is 1. The maximum absolute atomic E-state index is 13.3. The van der Waals surface area contributed by atoms with Gasteiger partial charge in [0.05, 0.1) is 12.9 Å². The molecule has 1 aromatic carbocycles. The zero-order valence-electron chi connectivity index (χ0n) is 18.8. The van der Waals surface area contributed by atoms with Crippen LogP contribution >= 0.6 is 0 Å². The molecule has 3 aromatic rings. The van der Waals surface area contributed by atoms with E-state index < -0.39 is 11.2 Å². The van der Waals surface area contributed by atoms with Crippen LogP contribution in [0.2, 0.25) is 0 Å². The Morgan fingerprint density at radius 2 is 1.71 bits per heavy atom. The smallest absolute Gasteiger partial charge is 0.333 e. The van der Waals surface area contributed by atoms with E-state index in [4.69, 9.17) is 0 Å². The molecule has 1 N–H and O–H groups in total. The van der Waals surface area contributed by atoms with Crippen molar-refractivity contribution in [3.63, 3.8) is 0 Å². The number of fused-ring (bicyclic) bond motifs is 1. The Morgan fingerprint density at radius 3 is 2.32 bits per heavy atom. The number of amides is 1. The molecule has 0 radical (unpaired) electrons. The standard InChI is InChI=1S/C23H31N5O3/c1-15(2)11-26-14-24-21-20(26)22(30)28(13-19(29)25-17(5)16(3)4)23(31)27(21)12-18-9-7-6-8-10-18/h6-10,14-17H,11-13H2,1-5H3,(H,25,29). The molecule has 0 saturated heterocycles. The molecule has 0 aliphatic heterocycles. The lowest BCUT2D eigenvalue weighted by atomic mass is 10.1. The molecule has 0 bridgehead atoms. The number of benzene rings is 1. The predicted molar refractivity (Wildman–Crippen MR) is 121 cm³/mol. The molecule has 1 unspecified atom stereocenters. The van der Waals surface area contributed by atoms with E-state index in [1.165, 1.54) is 4.57 Å². The van der Waals surface area contributed by atoms with Crippen molar-refractivity contribution < 1.29 is 4.79 Å². The van der Waals surface area contributed by atoms with Gasteiger partial charge in [0.2, 0.25) is 5.91 Å². The van der Waals surface area contributed by atoms with Gasteiger partial charge in [-0.25, -0.2) is 14.3 Å². The van der Waals surface area contributed by atoms with E-state index >= 15 is 0 Å². The van der Waals surface area contributed by atoms with E-state index in [0.29, 0.717) is 17.7 Å². The first kappa shape index (κ1) is 22.5. The maximum atomic E-state index is 13.3. The molecule has 1 amide bonds. The first-order chi connectivity index (χ1) is 14.7. The van der Waals surface area contributed by atoms with Crippen LogP contribution < -0.4 is 16.6 Å². The minimum absolute atomic E-state index is 0.0649. The van der Waals surface area contributed by atoms with E-state index in [0.717, 1.165) is 10.1 Å². The van der Waals surface area contributed by atoms with Crippen LogP contribution in [-0.2, 0) is 24.4 Å². The molecule has 0 aliphatic rings. The van der Waals surface area contributed by atoms with Crippen LogP contribution in [0, 0.1) is 11.8 Å². The monoisotopic (exact) mass is 425 g/mol. The second kappa shape index (κ2) is 9.32. The number of carbonyl (C=O) groups excluding carboxylic acids is 1. The predicted octanol–water partition coefficient (Wildman–Crippen LogP) is 2.22. The lowest BCUT2D eigenvalue weighted by Crippen LogP contribution is -2.46. The van der Waals surface area contributed by atoms with Crippen molar-refractivity contribution in [1.29, 1.82) is 0 Å². The third-order valence-electron chi connectivity index (χ3n) is 5.42. The largest absolute Gasteiger partial charge is 0.352 e. The highest BCUT2D eigenvalue weighted by atomic mass is 16.2. The fourth-order valence-electron chi connectivity index (χ4n) is 3.43. The Labute approximate surface area is 181 Å². The second-order valence-corrected chi connectivity index (χ2v) is 8.81. The van der Waals surface area contributed by atoms with Crippen LogP contribution in [-0.4, -0.2) is 30.6 Å². The highest BCUT2D eigenvalue weighted by Gasteiger charge is 2.21. The number of nitrogens with one attached hydrogen (secondary N) is 1. The van der Waals surface area contributed by atoms with Crippen molar-refractivity contribution >= 4 is 17.1 Å². The summed E-state index contributed by atoms with van der Waals surface area (Å²) in [6.45, 7) is 10.5. The van der Waals surface area contributed by atoms with Gasteiger partial charge in [0, 0.05) is 12.6 Å². The van der Waals surface area contributed by atoms with Crippen LogP contribution in [0.3, 0.4) is 0 Å². The normalized spacial score (nSPS) is 12.6. The fraction of sp³-hybridized carbons (Fsp3) is 0.478. The van der Waals surface area contributed by atoms with Crippen molar-refractivity contribution in [3.05, 3.63) is 63.1 Å². The van der Waals surface area contributed by atoms with Crippen LogP contribution in [0.1, 0.15) is 40.2 Å². The minimum Gasteiger partial charge on any atom is -0.352 e. The number of aromatic nitrogens is 4. The number of rotatable bonds is 8. The van der Waals surface area contributed by atoms with Gasteiger partial charge in [-0.1, -0.05) is 58.0 Å². The van der Waals surface area contributed by atoms with E-state index in [2.05, 4.69) is 10.3 Å². The summed E-state index contributed by atoms with van der Waals surface area (Å²) in [6.07, 6.45) is 1.60. The van der Waals surface area contributed by atoms with Crippen molar-refractivity contribution in [2.45, 2.75) is 60.3 Å². The maximum Gasteiger partial charge on any atom is 0.333 e. The van der Waals surface area contributed by atoms with Gasteiger partial charge in [-0.3, -0.25) is 14.2 Å². The van der Waals surface area contributed by atoms with Gasteiger partial charge in [0.1, 0.15) is 6.54 Å². The summed E-state index contributed by atoms with van der Waals surface area (Å²) in [7, 11) is 0. The molecule has 1 atom stereocenters. The van der Waals surface area contributed by atoms with Crippen LogP contribution in [0.25, 0.3) is 11.2 Å². The molecule has 2 aromatic heterocycles. The summed E-state index contributed by atoms with van der Waals surface area (Å²) in [5.41, 5.74) is 0.561. The Hall–Kier alpha value is -3.16. The van der Waals surface area contributed by atoms with Crippen molar-refractivity contribution in [2.24, 2.45) is 11.8 Å². The van der Waals surface area contributed by atoms with Gasteiger partial charge < -0.3 is 9.88 Å². The quantitative estimate of drug-likeness (QED) is 0.599. The Kier molecular flexibility index (Phi) is 6.77. The van der Waals surface area contributed by atoms with Gasteiger partial charge in [0.15, 0.2) is 11.2 Å². The van der Waals surface area contributed by atoms with E-state index in [9.17, 15) is 14.4 Å². The number of hydrogen-bond donors (Lipinski definition) is 1. The molecule has 0 spiro atoms. The third-order valence-corrected chi connectivity index (χ3v) is 5.42. The Bertz CT molecular complexity index is 1170. The zero-order valence-corrected chi connectivity index (χ0v) is 18.8. The van der Waals surface area contributed by atoms with Crippen LogP contribution in [0.5, 0.6) is 0 Å². The molecule has 2 heterocycles. The van der Waals surface area contributed by atoms with Gasteiger partial charge in [0.25, 0.3) is 5.56 Å². The molecule has 31 heavy (non-hydrogen) atoms. The molecule has 0 saturated carbocycles. The molecule has 3 rings (SSSR count). The molecule has 0 aliphatic carbocycles. The Morgan fingerprint density at radius 1 is 1.03 bits per heavy atom. The lowest BCUT2D eigenvalue weighted by Gasteiger charge is -2.18. The molecular weight excluding hydrogens is 394 g/mol.